The van der Waals surface area contributed by atoms with Gasteiger partial charge in [0.05, 0.1) is 0 Å². The Morgan fingerprint density at radius 1 is 1.44 bits per heavy atom. The molecular weight excluding hydrogens is 152 g/mol. The van der Waals surface area contributed by atoms with Crippen molar-refractivity contribution in [1.29, 1.82) is 0 Å². The van der Waals surface area contributed by atoms with E-state index in [2.05, 4.69) is 19.6 Å². The summed E-state index contributed by atoms with van der Waals surface area (Å²) in [6, 6.07) is 0.752. The second-order valence-electron chi connectivity index (χ2n) is 3.88. The molecule has 0 bridgehead atoms. The highest BCUT2D eigenvalue weighted by Crippen LogP contribution is 2.23. The molecule has 1 unspecified atom stereocenters. The van der Waals surface area contributed by atoms with Crippen LogP contribution in [0.3, 0.4) is 0 Å². The Hall–Kier alpha value is 0.467. The Morgan fingerprint density at radius 2 is 1.78 bits per heavy atom. The molecule has 0 aromatic carbocycles. The third-order valence-corrected chi connectivity index (χ3v) is 2.96. The van der Waals surface area contributed by atoms with Crippen molar-refractivity contribution in [2.45, 2.75) is 37.7 Å². The zero-order valence-electron chi connectivity index (χ0n) is 6.53. The van der Waals surface area contributed by atoms with E-state index >= 15 is 0 Å². The first-order valence-corrected chi connectivity index (χ1v) is 7.20. The van der Waals surface area contributed by atoms with Gasteiger partial charge in [0.25, 0.3) is 0 Å². The SMILES string of the molecule is CC(O)(Cl)C[Si](C)(C)C. The molecule has 3 heteroatoms. The minimum atomic E-state index is -1.17. The molecule has 0 fully saturated rings. The van der Waals surface area contributed by atoms with E-state index in [9.17, 15) is 0 Å². The smallest absolute Gasteiger partial charge is 0.133 e. The van der Waals surface area contributed by atoms with Crippen molar-refractivity contribution in [3.63, 3.8) is 0 Å². The maximum atomic E-state index is 9.15. The van der Waals surface area contributed by atoms with E-state index < -0.39 is 13.1 Å². The van der Waals surface area contributed by atoms with E-state index in [0.29, 0.717) is 0 Å². The zero-order valence-corrected chi connectivity index (χ0v) is 8.29. The van der Waals surface area contributed by atoms with E-state index in [0.717, 1.165) is 6.04 Å². The van der Waals surface area contributed by atoms with Crippen LogP contribution in [0.5, 0.6) is 0 Å². The fraction of sp³-hybridized carbons (Fsp3) is 1.00. The van der Waals surface area contributed by atoms with Gasteiger partial charge in [0, 0.05) is 8.07 Å². The molecule has 0 amide bonds. The highest BCUT2D eigenvalue weighted by molar-refractivity contribution is 6.76. The normalized spacial score (nSPS) is 19.3. The summed E-state index contributed by atoms with van der Waals surface area (Å²) in [6.07, 6.45) is 0. The van der Waals surface area contributed by atoms with Crippen molar-refractivity contribution in [3.8, 4) is 0 Å². The van der Waals surface area contributed by atoms with Gasteiger partial charge in [0.1, 0.15) is 5.06 Å². The Morgan fingerprint density at radius 3 is 1.78 bits per heavy atom. The molecule has 1 nitrogen and oxygen atoms in total. The molecule has 56 valence electrons. The molecule has 0 radical (unpaired) electrons. The maximum absolute atomic E-state index is 9.15. The average molecular weight is 167 g/mol. The van der Waals surface area contributed by atoms with Crippen molar-refractivity contribution < 1.29 is 5.11 Å². The third-order valence-electron chi connectivity index (χ3n) is 0.853. The minimum Gasteiger partial charge on any atom is -0.376 e. The Bertz CT molecular complexity index is 78.2. The Kier molecular flexibility index (Phi) is 2.74. The number of aliphatic hydroxyl groups is 1. The van der Waals surface area contributed by atoms with Crippen LogP contribution in [0.4, 0.5) is 0 Å². The monoisotopic (exact) mass is 166 g/mol. The van der Waals surface area contributed by atoms with Crippen LogP contribution in [-0.2, 0) is 0 Å². The van der Waals surface area contributed by atoms with Gasteiger partial charge in [0.2, 0.25) is 0 Å². The number of halogens is 1. The van der Waals surface area contributed by atoms with Gasteiger partial charge in [-0.1, -0.05) is 31.2 Å². The van der Waals surface area contributed by atoms with Crippen molar-refractivity contribution in [2.75, 3.05) is 0 Å². The lowest BCUT2D eigenvalue weighted by molar-refractivity contribution is 0.169. The van der Waals surface area contributed by atoms with Crippen molar-refractivity contribution in [2.24, 2.45) is 0 Å². The lowest BCUT2D eigenvalue weighted by Gasteiger charge is -2.23. The van der Waals surface area contributed by atoms with Gasteiger partial charge in [-0.05, 0) is 13.0 Å². The Balaban J connectivity index is 3.75. The predicted molar refractivity (Wildman–Crippen MR) is 44.6 cm³/mol. The summed E-state index contributed by atoms with van der Waals surface area (Å²) in [6.45, 7) is 8.20. The lowest BCUT2D eigenvalue weighted by Crippen LogP contribution is -2.30. The van der Waals surface area contributed by atoms with Gasteiger partial charge >= 0.3 is 0 Å². The first kappa shape index (κ1) is 9.47. The second kappa shape index (κ2) is 2.60. The standard InChI is InChI=1S/C6H15ClOSi/c1-6(7,8)5-9(2,3)4/h8H,5H2,1-4H3. The second-order valence-corrected chi connectivity index (χ2v) is 10.2. The van der Waals surface area contributed by atoms with Gasteiger partial charge in [-0.15, -0.1) is 0 Å². The summed E-state index contributed by atoms with van der Waals surface area (Å²) in [5.41, 5.74) is 0. The molecule has 0 saturated heterocycles. The average Bonchev–Trinajstić information content (AvgIpc) is 1.14. The van der Waals surface area contributed by atoms with E-state index in [1.54, 1.807) is 6.92 Å². The molecule has 0 saturated carbocycles. The largest absolute Gasteiger partial charge is 0.376 e. The molecule has 1 atom stereocenters. The van der Waals surface area contributed by atoms with Crippen LogP contribution in [0.25, 0.3) is 0 Å². The molecule has 0 aromatic rings. The number of hydrogen-bond acceptors (Lipinski definition) is 1. The Labute approximate surface area is 63.0 Å². The predicted octanol–water partition coefficient (Wildman–Crippen LogP) is 2.27. The van der Waals surface area contributed by atoms with Gasteiger partial charge in [-0.25, -0.2) is 0 Å². The highest BCUT2D eigenvalue weighted by Gasteiger charge is 2.25. The molecule has 0 rings (SSSR count). The van der Waals surface area contributed by atoms with E-state index in [1.807, 2.05) is 0 Å². The molecular formula is C6H15ClOSi. The zero-order chi connectivity index (χ0) is 7.71. The van der Waals surface area contributed by atoms with Gasteiger partial charge < -0.3 is 5.11 Å². The summed E-state index contributed by atoms with van der Waals surface area (Å²) < 4.78 is 0. The summed E-state index contributed by atoms with van der Waals surface area (Å²) in [4.78, 5) is 0. The van der Waals surface area contributed by atoms with Crippen LogP contribution in [0, 0.1) is 0 Å². The van der Waals surface area contributed by atoms with Crippen molar-refractivity contribution in [1.82, 2.24) is 0 Å². The quantitative estimate of drug-likeness (QED) is 0.493. The van der Waals surface area contributed by atoms with E-state index in [-0.39, 0.29) is 0 Å². The fourth-order valence-electron chi connectivity index (χ4n) is 0.968. The van der Waals surface area contributed by atoms with Crippen LogP contribution in [0.1, 0.15) is 6.92 Å². The first-order valence-electron chi connectivity index (χ1n) is 3.12. The van der Waals surface area contributed by atoms with Gasteiger partial charge in [-0.3, -0.25) is 0 Å². The fourth-order valence-corrected chi connectivity index (χ4v) is 4.11. The summed E-state index contributed by atoms with van der Waals surface area (Å²) >= 11 is 5.61. The van der Waals surface area contributed by atoms with Crippen molar-refractivity contribution in [3.05, 3.63) is 0 Å². The van der Waals surface area contributed by atoms with Gasteiger partial charge in [0.15, 0.2) is 0 Å². The van der Waals surface area contributed by atoms with E-state index in [4.69, 9.17) is 16.7 Å². The number of alkyl halides is 1. The molecule has 0 aliphatic heterocycles. The van der Waals surface area contributed by atoms with Crippen molar-refractivity contribution >= 4 is 19.7 Å². The molecule has 0 heterocycles. The molecule has 0 spiro atoms. The van der Waals surface area contributed by atoms with Gasteiger partial charge in [-0.2, -0.15) is 0 Å². The van der Waals surface area contributed by atoms with Crippen LogP contribution in [-0.4, -0.2) is 18.2 Å². The van der Waals surface area contributed by atoms with Crippen LogP contribution in [0.15, 0.2) is 0 Å². The molecule has 0 aromatic heterocycles. The molecule has 0 aliphatic carbocycles. The van der Waals surface area contributed by atoms with Crippen LogP contribution in [0.2, 0.25) is 25.7 Å². The van der Waals surface area contributed by atoms with Crippen LogP contribution < -0.4 is 0 Å². The number of hydrogen-bond donors (Lipinski definition) is 1. The molecule has 9 heavy (non-hydrogen) atoms. The maximum Gasteiger partial charge on any atom is 0.133 e. The number of rotatable bonds is 2. The highest BCUT2D eigenvalue weighted by atomic mass is 35.5. The summed E-state index contributed by atoms with van der Waals surface area (Å²) in [5, 5.41) is 8.17. The topological polar surface area (TPSA) is 20.2 Å². The summed E-state index contributed by atoms with van der Waals surface area (Å²) in [7, 11) is -1.17. The third kappa shape index (κ3) is 8.47. The molecule has 0 aliphatic rings. The van der Waals surface area contributed by atoms with E-state index in [1.165, 1.54) is 0 Å². The molecule has 1 N–H and O–H groups in total. The lowest BCUT2D eigenvalue weighted by atomic mass is 10.5. The van der Waals surface area contributed by atoms with Crippen LogP contribution >= 0.6 is 11.6 Å². The first-order chi connectivity index (χ1) is 3.71. The summed E-state index contributed by atoms with van der Waals surface area (Å²) in [5.74, 6) is 0. The minimum absolute atomic E-state index is 0.752.